The minimum Gasteiger partial charge on any atom is -0.467 e. The van der Waals surface area contributed by atoms with Crippen LogP contribution >= 0.6 is 11.6 Å². The van der Waals surface area contributed by atoms with Crippen LogP contribution in [0.4, 0.5) is 4.39 Å². The van der Waals surface area contributed by atoms with Crippen LogP contribution in [0.15, 0.2) is 72.4 Å². The first-order valence-corrected chi connectivity index (χ1v) is 9.85. The first-order chi connectivity index (χ1) is 13.9. The normalized spacial score (nSPS) is 28.8. The molecule has 1 aliphatic carbocycles. The molecule has 6 heteroatoms. The first-order valence-electron chi connectivity index (χ1n) is 9.47. The monoisotopic (exact) mass is 413 g/mol. The highest BCUT2D eigenvalue weighted by Gasteiger charge is 2.73. The number of fused-ring (bicyclic) bond motifs is 1. The summed E-state index contributed by atoms with van der Waals surface area (Å²) < 4.78 is 20.2. The minimum absolute atomic E-state index is 0.209. The molecule has 5 unspecified atom stereocenters. The zero-order valence-electron chi connectivity index (χ0n) is 16.1. The fourth-order valence-electron chi connectivity index (χ4n) is 4.29. The third-order valence-electron chi connectivity index (χ3n) is 5.82. The van der Waals surface area contributed by atoms with E-state index in [1.54, 1.807) is 42.3 Å². The number of hydrogen-bond acceptors (Lipinski definition) is 4. The zero-order valence-corrected chi connectivity index (χ0v) is 16.8. The van der Waals surface area contributed by atoms with E-state index < -0.39 is 35.0 Å². The van der Waals surface area contributed by atoms with Gasteiger partial charge in [0.2, 0.25) is 5.13 Å². The van der Waals surface area contributed by atoms with Gasteiger partial charge in [-0.2, -0.15) is 0 Å². The Morgan fingerprint density at radius 2 is 1.69 bits per heavy atom. The molecule has 2 aliphatic rings. The van der Waals surface area contributed by atoms with Crippen LogP contribution in [0.25, 0.3) is 0 Å². The average Bonchev–Trinajstić information content (AvgIpc) is 3.34. The van der Waals surface area contributed by atoms with E-state index in [-0.39, 0.29) is 5.78 Å². The standard InChI is InChI=1S/C23H21ClFNO3/c1-14(22(28)29-2)26-13-17(20(27)16-11-7-4-8-12-16)18(15-9-5-3-6-10-15)19-21(26)23(19,24)25/h3-14,18-19,21H,1-2H3. The molecule has 29 heavy (non-hydrogen) atoms. The smallest absolute Gasteiger partial charge is 0.328 e. The van der Waals surface area contributed by atoms with Gasteiger partial charge in [-0.15, -0.1) is 0 Å². The third-order valence-corrected chi connectivity index (χ3v) is 6.30. The Hall–Kier alpha value is -2.66. The minimum atomic E-state index is -2.04. The molecule has 1 fully saturated rings. The maximum Gasteiger partial charge on any atom is 0.328 e. The highest BCUT2D eigenvalue weighted by molar-refractivity contribution is 6.26. The number of ketones is 1. The molecule has 0 N–H and O–H groups in total. The van der Waals surface area contributed by atoms with Gasteiger partial charge < -0.3 is 9.64 Å². The lowest BCUT2D eigenvalue weighted by atomic mass is 9.81. The number of carbonyl (C=O) groups excluding carboxylic acids is 2. The van der Waals surface area contributed by atoms with Crippen molar-refractivity contribution in [2.24, 2.45) is 5.92 Å². The van der Waals surface area contributed by atoms with Crippen LogP contribution in [0, 0.1) is 5.92 Å². The van der Waals surface area contributed by atoms with Gasteiger partial charge in [0, 0.05) is 29.2 Å². The summed E-state index contributed by atoms with van der Waals surface area (Å²) in [5, 5.41) is -2.04. The Bertz CT molecular complexity index is 961. The van der Waals surface area contributed by atoms with E-state index in [4.69, 9.17) is 16.3 Å². The average molecular weight is 414 g/mol. The molecule has 150 valence electrons. The summed E-state index contributed by atoms with van der Waals surface area (Å²) in [5.41, 5.74) is 1.74. The number of allylic oxidation sites excluding steroid dienone is 1. The van der Waals surface area contributed by atoms with Crippen LogP contribution in [-0.4, -0.2) is 41.0 Å². The van der Waals surface area contributed by atoms with Crippen LogP contribution in [0.3, 0.4) is 0 Å². The summed E-state index contributed by atoms with van der Waals surface area (Å²) in [5.74, 6) is -1.87. The number of ether oxygens (including phenoxy) is 1. The van der Waals surface area contributed by atoms with Crippen molar-refractivity contribution in [3.63, 3.8) is 0 Å². The number of hydrogen-bond donors (Lipinski definition) is 0. The molecule has 1 saturated carbocycles. The Morgan fingerprint density at radius 1 is 1.10 bits per heavy atom. The quantitative estimate of drug-likeness (QED) is 0.416. The highest BCUT2D eigenvalue weighted by Crippen LogP contribution is 2.64. The molecule has 0 spiro atoms. The summed E-state index contributed by atoms with van der Waals surface area (Å²) in [4.78, 5) is 27.1. The lowest BCUT2D eigenvalue weighted by Crippen LogP contribution is -2.42. The number of nitrogens with zero attached hydrogens (tertiary/aromatic N) is 1. The SMILES string of the molecule is COC(=O)C(C)N1C=C(C(=O)c2ccccc2)C(c2ccccc2)C2C1C2(F)Cl. The molecule has 5 atom stereocenters. The van der Waals surface area contributed by atoms with E-state index >= 15 is 4.39 Å². The van der Waals surface area contributed by atoms with Gasteiger partial charge >= 0.3 is 5.97 Å². The van der Waals surface area contributed by atoms with Crippen LogP contribution in [0.1, 0.15) is 28.8 Å². The van der Waals surface area contributed by atoms with Crippen LogP contribution in [0.5, 0.6) is 0 Å². The second kappa shape index (κ2) is 7.30. The van der Waals surface area contributed by atoms with Crippen molar-refractivity contribution in [3.8, 4) is 0 Å². The summed E-state index contributed by atoms with van der Waals surface area (Å²) in [6.45, 7) is 1.62. The van der Waals surface area contributed by atoms with Gasteiger partial charge in [0.1, 0.15) is 6.04 Å². The lowest BCUT2D eigenvalue weighted by molar-refractivity contribution is -0.145. The first kappa shape index (κ1) is 19.6. The number of halogens is 2. The van der Waals surface area contributed by atoms with Crippen molar-refractivity contribution in [1.29, 1.82) is 0 Å². The molecule has 0 aromatic heterocycles. The molecule has 4 rings (SSSR count). The van der Waals surface area contributed by atoms with Crippen molar-refractivity contribution in [2.75, 3.05) is 7.11 Å². The maximum absolute atomic E-state index is 15.3. The van der Waals surface area contributed by atoms with Gasteiger partial charge in [-0.25, -0.2) is 9.18 Å². The zero-order chi connectivity index (χ0) is 20.8. The lowest BCUT2D eigenvalue weighted by Gasteiger charge is -2.33. The van der Waals surface area contributed by atoms with E-state index in [1.807, 2.05) is 36.4 Å². The van der Waals surface area contributed by atoms with Crippen LogP contribution in [-0.2, 0) is 9.53 Å². The van der Waals surface area contributed by atoms with Crippen LogP contribution in [0.2, 0.25) is 0 Å². The van der Waals surface area contributed by atoms with Crippen molar-refractivity contribution in [3.05, 3.63) is 83.6 Å². The second-order valence-electron chi connectivity index (χ2n) is 7.46. The summed E-state index contributed by atoms with van der Waals surface area (Å²) in [7, 11) is 1.28. The van der Waals surface area contributed by atoms with E-state index in [0.717, 1.165) is 5.56 Å². The van der Waals surface area contributed by atoms with Crippen molar-refractivity contribution < 1.29 is 18.7 Å². The number of alkyl halides is 2. The molecule has 1 heterocycles. The van der Waals surface area contributed by atoms with Gasteiger partial charge in [0.25, 0.3) is 0 Å². The maximum atomic E-state index is 15.3. The third kappa shape index (κ3) is 3.23. The number of carbonyl (C=O) groups is 2. The fourth-order valence-corrected chi connectivity index (χ4v) is 4.72. The van der Waals surface area contributed by atoms with Gasteiger partial charge in [-0.1, -0.05) is 72.3 Å². The van der Waals surface area contributed by atoms with Crippen LogP contribution < -0.4 is 0 Å². The van der Waals surface area contributed by atoms with Gasteiger partial charge in [-0.05, 0) is 12.5 Å². The summed E-state index contributed by atoms with van der Waals surface area (Å²) >= 11 is 6.26. The highest BCUT2D eigenvalue weighted by atomic mass is 35.5. The number of benzene rings is 2. The molecule has 2 aromatic rings. The number of rotatable bonds is 5. The van der Waals surface area contributed by atoms with E-state index in [1.165, 1.54) is 7.11 Å². The summed E-state index contributed by atoms with van der Waals surface area (Å²) in [6, 6.07) is 16.7. The predicted molar refractivity (Wildman–Crippen MR) is 108 cm³/mol. The topological polar surface area (TPSA) is 46.6 Å². The Labute approximate surface area is 173 Å². The molecule has 0 saturated heterocycles. The summed E-state index contributed by atoms with van der Waals surface area (Å²) in [6.07, 6.45) is 1.60. The molecule has 4 nitrogen and oxygen atoms in total. The molecular formula is C23H21ClFNO3. The molecule has 2 aromatic carbocycles. The Kier molecular flexibility index (Phi) is 4.95. The van der Waals surface area contributed by atoms with E-state index in [2.05, 4.69) is 0 Å². The molecule has 0 radical (unpaired) electrons. The Balaban J connectivity index is 1.84. The molecule has 0 amide bonds. The predicted octanol–water partition coefficient (Wildman–Crippen LogP) is 4.32. The van der Waals surface area contributed by atoms with Gasteiger partial charge in [0.05, 0.1) is 13.2 Å². The largest absolute Gasteiger partial charge is 0.467 e. The number of Topliss-reactive ketones (excluding diaryl/α,β-unsaturated/α-hetero) is 1. The van der Waals surface area contributed by atoms with Gasteiger partial charge in [-0.3, -0.25) is 4.79 Å². The number of methoxy groups -OCH3 is 1. The molecular weight excluding hydrogens is 393 g/mol. The van der Waals surface area contributed by atoms with Crippen molar-refractivity contribution in [1.82, 2.24) is 4.90 Å². The van der Waals surface area contributed by atoms with Crippen molar-refractivity contribution >= 4 is 23.4 Å². The van der Waals surface area contributed by atoms with E-state index in [9.17, 15) is 9.59 Å². The van der Waals surface area contributed by atoms with Gasteiger partial charge in [0.15, 0.2) is 5.78 Å². The number of esters is 1. The molecule has 0 bridgehead atoms. The molecule has 1 aliphatic heterocycles. The van der Waals surface area contributed by atoms with Crippen molar-refractivity contribution in [2.45, 2.75) is 30.1 Å². The second-order valence-corrected chi connectivity index (χ2v) is 8.04. The van der Waals surface area contributed by atoms with E-state index in [0.29, 0.717) is 11.1 Å². The fraction of sp³-hybridized carbons (Fsp3) is 0.304. The Morgan fingerprint density at radius 3 is 2.28 bits per heavy atom.